The number of benzene rings is 1. The molecule has 2 fully saturated rings. The number of halogens is 2. The molecule has 2 atom stereocenters. The average Bonchev–Trinajstić information content (AvgIpc) is 2.63. The predicted molar refractivity (Wildman–Crippen MR) is 100 cm³/mol. The molecule has 3 N–H and O–H groups in total. The van der Waals surface area contributed by atoms with E-state index in [4.69, 9.17) is 4.74 Å². The van der Waals surface area contributed by atoms with E-state index in [1.165, 1.54) is 6.92 Å². The van der Waals surface area contributed by atoms with Gasteiger partial charge in [0.2, 0.25) is 5.91 Å². The van der Waals surface area contributed by atoms with E-state index in [0.29, 0.717) is 39.0 Å². The van der Waals surface area contributed by atoms with E-state index >= 15 is 0 Å². The van der Waals surface area contributed by atoms with Gasteiger partial charge in [-0.1, -0.05) is 0 Å². The summed E-state index contributed by atoms with van der Waals surface area (Å²) < 4.78 is 32.0. The van der Waals surface area contributed by atoms with Crippen LogP contribution in [-0.2, 0) is 4.79 Å². The number of nitrogens with zero attached hydrogens (tertiary/aromatic N) is 2. The van der Waals surface area contributed by atoms with Crippen molar-refractivity contribution >= 4 is 5.91 Å². The van der Waals surface area contributed by atoms with Crippen LogP contribution in [0.15, 0.2) is 18.2 Å². The van der Waals surface area contributed by atoms with Gasteiger partial charge in [-0.15, -0.1) is 0 Å². The standard InChI is InChI=1S/C20H28F2N2O5/c1-14(25)24-6-3-19(27,4-7-24)11-23-5-2-18(26)20(28,12-23)13-29-17-9-15(21)8-16(22)10-17/h8-10,18,26-28H,2-7,11-13H2,1H3/t18-,20-/m0/s1. The lowest BCUT2D eigenvalue weighted by atomic mass is 9.86. The normalized spacial score (nSPS) is 27.7. The second-order valence-electron chi connectivity index (χ2n) is 8.24. The molecule has 9 heteroatoms. The van der Waals surface area contributed by atoms with Crippen molar-refractivity contribution in [3.8, 4) is 5.75 Å². The number of carbonyl (C=O) groups is 1. The van der Waals surface area contributed by atoms with Gasteiger partial charge in [-0.2, -0.15) is 0 Å². The third-order valence-corrected chi connectivity index (χ3v) is 5.82. The smallest absolute Gasteiger partial charge is 0.219 e. The van der Waals surface area contributed by atoms with Crippen LogP contribution in [-0.4, -0.2) is 87.7 Å². The molecule has 7 nitrogen and oxygen atoms in total. The number of aliphatic hydroxyl groups excluding tert-OH is 1. The van der Waals surface area contributed by atoms with Crippen molar-refractivity contribution in [1.82, 2.24) is 9.80 Å². The van der Waals surface area contributed by atoms with Crippen molar-refractivity contribution in [3.63, 3.8) is 0 Å². The van der Waals surface area contributed by atoms with Crippen LogP contribution in [0.4, 0.5) is 8.78 Å². The minimum atomic E-state index is -1.64. The molecule has 0 unspecified atom stereocenters. The molecule has 0 aromatic heterocycles. The molecule has 1 aromatic rings. The molecule has 2 heterocycles. The molecule has 2 saturated heterocycles. The van der Waals surface area contributed by atoms with Gasteiger partial charge in [0.25, 0.3) is 0 Å². The van der Waals surface area contributed by atoms with Crippen LogP contribution in [0.5, 0.6) is 5.75 Å². The van der Waals surface area contributed by atoms with E-state index in [9.17, 15) is 28.9 Å². The van der Waals surface area contributed by atoms with Crippen LogP contribution < -0.4 is 4.74 Å². The highest BCUT2D eigenvalue weighted by Crippen LogP contribution is 2.29. The molecule has 0 aliphatic carbocycles. The lowest BCUT2D eigenvalue weighted by molar-refractivity contribution is -0.152. The fourth-order valence-corrected chi connectivity index (χ4v) is 4.05. The number of carbonyl (C=O) groups excluding carboxylic acids is 1. The quantitative estimate of drug-likeness (QED) is 0.650. The van der Waals surface area contributed by atoms with Crippen molar-refractivity contribution in [1.29, 1.82) is 0 Å². The molecular weight excluding hydrogens is 386 g/mol. The van der Waals surface area contributed by atoms with E-state index < -0.39 is 28.9 Å². The van der Waals surface area contributed by atoms with E-state index in [2.05, 4.69) is 0 Å². The van der Waals surface area contributed by atoms with E-state index in [-0.39, 0.29) is 31.2 Å². The summed E-state index contributed by atoms with van der Waals surface area (Å²) in [5.74, 6) is -1.68. The number of hydrogen-bond acceptors (Lipinski definition) is 6. The maximum atomic E-state index is 13.3. The van der Waals surface area contributed by atoms with E-state index in [0.717, 1.165) is 18.2 Å². The summed E-state index contributed by atoms with van der Waals surface area (Å²) in [6.45, 7) is 2.93. The Kier molecular flexibility index (Phi) is 6.42. The second-order valence-corrected chi connectivity index (χ2v) is 8.24. The van der Waals surface area contributed by atoms with Crippen molar-refractivity contribution < 1.29 is 33.6 Å². The topological polar surface area (TPSA) is 93.5 Å². The number of piperidine rings is 2. The number of ether oxygens (including phenoxy) is 1. The first-order valence-corrected chi connectivity index (χ1v) is 9.78. The van der Waals surface area contributed by atoms with Crippen LogP contribution >= 0.6 is 0 Å². The minimum absolute atomic E-state index is 0.0199. The maximum absolute atomic E-state index is 13.3. The Labute approximate surface area is 168 Å². The number of β-amino-alcohol motifs (C(OH)–C–C–N with tert-alkyl or cyclic N) is 2. The fourth-order valence-electron chi connectivity index (χ4n) is 4.05. The predicted octanol–water partition coefficient (Wildman–Crippen LogP) is 0.515. The second kappa shape index (κ2) is 8.51. The van der Waals surface area contributed by atoms with Crippen molar-refractivity contribution in [2.45, 2.75) is 43.5 Å². The van der Waals surface area contributed by atoms with Crippen LogP contribution in [0, 0.1) is 11.6 Å². The lowest BCUT2D eigenvalue weighted by Gasteiger charge is -2.46. The van der Waals surface area contributed by atoms with Crippen LogP contribution in [0.2, 0.25) is 0 Å². The fraction of sp³-hybridized carbons (Fsp3) is 0.650. The molecule has 3 rings (SSSR count). The first kappa shape index (κ1) is 21.9. The average molecular weight is 414 g/mol. The van der Waals surface area contributed by atoms with E-state index in [1.807, 2.05) is 4.90 Å². The summed E-state index contributed by atoms with van der Waals surface area (Å²) in [4.78, 5) is 15.0. The zero-order valence-electron chi connectivity index (χ0n) is 16.5. The van der Waals surface area contributed by atoms with Gasteiger partial charge in [-0.25, -0.2) is 8.78 Å². The number of aliphatic hydroxyl groups is 3. The Hall–Kier alpha value is -1.81. The number of rotatable bonds is 5. The summed E-state index contributed by atoms with van der Waals surface area (Å²) in [5.41, 5.74) is -2.63. The lowest BCUT2D eigenvalue weighted by Crippen LogP contribution is -2.62. The minimum Gasteiger partial charge on any atom is -0.490 e. The van der Waals surface area contributed by atoms with Gasteiger partial charge in [0.1, 0.15) is 29.6 Å². The first-order valence-electron chi connectivity index (χ1n) is 9.78. The molecule has 0 bridgehead atoms. The molecular formula is C20H28F2N2O5. The summed E-state index contributed by atoms with van der Waals surface area (Å²) in [7, 11) is 0. The maximum Gasteiger partial charge on any atom is 0.219 e. The Balaban J connectivity index is 1.59. The number of hydrogen-bond donors (Lipinski definition) is 3. The summed E-state index contributed by atoms with van der Waals surface area (Å²) in [6, 6.07) is 2.73. The third-order valence-electron chi connectivity index (χ3n) is 5.82. The van der Waals surface area contributed by atoms with Gasteiger partial charge >= 0.3 is 0 Å². The number of likely N-dealkylation sites (tertiary alicyclic amines) is 2. The Bertz CT molecular complexity index is 721. The Morgan fingerprint density at radius 3 is 2.38 bits per heavy atom. The van der Waals surface area contributed by atoms with Gasteiger partial charge in [0.15, 0.2) is 0 Å². The van der Waals surface area contributed by atoms with Gasteiger partial charge in [0.05, 0.1) is 11.7 Å². The van der Waals surface area contributed by atoms with Gasteiger partial charge in [-0.05, 0) is 19.3 Å². The Morgan fingerprint density at radius 2 is 1.79 bits per heavy atom. The Morgan fingerprint density at radius 1 is 1.17 bits per heavy atom. The van der Waals surface area contributed by atoms with Gasteiger partial charge in [0, 0.05) is 57.8 Å². The SMILES string of the molecule is CC(=O)N1CCC(O)(CN2CC[C@H](O)[C@@](O)(COc3cc(F)cc(F)c3)C2)CC1. The summed E-state index contributed by atoms with van der Waals surface area (Å²) in [6.07, 6.45) is 0.0746. The van der Waals surface area contributed by atoms with Gasteiger partial charge in [-0.3, -0.25) is 9.69 Å². The molecule has 2 aliphatic heterocycles. The monoisotopic (exact) mass is 414 g/mol. The van der Waals surface area contributed by atoms with Crippen molar-refractivity contribution in [2.24, 2.45) is 0 Å². The van der Waals surface area contributed by atoms with Crippen LogP contribution in [0.3, 0.4) is 0 Å². The molecule has 1 aromatic carbocycles. The van der Waals surface area contributed by atoms with E-state index in [1.54, 1.807) is 4.90 Å². The highest BCUT2D eigenvalue weighted by Gasteiger charge is 2.44. The molecule has 0 saturated carbocycles. The molecule has 1 amide bonds. The van der Waals surface area contributed by atoms with Crippen molar-refractivity contribution in [2.75, 3.05) is 39.3 Å². The largest absolute Gasteiger partial charge is 0.490 e. The third kappa shape index (κ3) is 5.42. The summed E-state index contributed by atoms with van der Waals surface area (Å²) >= 11 is 0. The molecule has 29 heavy (non-hydrogen) atoms. The van der Waals surface area contributed by atoms with Crippen LogP contribution in [0.1, 0.15) is 26.2 Å². The van der Waals surface area contributed by atoms with Crippen molar-refractivity contribution in [3.05, 3.63) is 29.8 Å². The molecule has 0 radical (unpaired) electrons. The highest BCUT2D eigenvalue weighted by molar-refractivity contribution is 5.73. The molecule has 0 spiro atoms. The zero-order valence-corrected chi connectivity index (χ0v) is 16.5. The van der Waals surface area contributed by atoms with Gasteiger partial charge < -0.3 is 25.0 Å². The number of amides is 1. The zero-order chi connectivity index (χ0) is 21.2. The summed E-state index contributed by atoms with van der Waals surface area (Å²) in [5, 5.41) is 32.1. The molecule has 2 aliphatic rings. The first-order chi connectivity index (χ1) is 13.6. The van der Waals surface area contributed by atoms with Crippen LogP contribution in [0.25, 0.3) is 0 Å². The highest BCUT2D eigenvalue weighted by atomic mass is 19.1. The molecule has 162 valence electrons.